The van der Waals surface area contributed by atoms with Crippen LogP contribution in [0.25, 0.3) is 5.69 Å². The lowest BCUT2D eigenvalue weighted by molar-refractivity contribution is -0.0590. The molecule has 0 radical (unpaired) electrons. The van der Waals surface area contributed by atoms with Gasteiger partial charge in [0, 0.05) is 0 Å². The van der Waals surface area contributed by atoms with Crippen LogP contribution in [-0.4, -0.2) is 39.2 Å². The summed E-state index contributed by atoms with van der Waals surface area (Å²) in [6.07, 6.45) is 1.54. The van der Waals surface area contributed by atoms with Crippen molar-refractivity contribution >= 4 is 17.8 Å². The van der Waals surface area contributed by atoms with Crippen molar-refractivity contribution in [1.29, 1.82) is 0 Å². The number of amides is 2. The second-order valence-electron chi connectivity index (χ2n) is 5.88. The second kappa shape index (κ2) is 6.99. The van der Waals surface area contributed by atoms with Gasteiger partial charge in [-0.05, 0) is 31.2 Å². The summed E-state index contributed by atoms with van der Waals surface area (Å²) >= 11 is 0. The van der Waals surface area contributed by atoms with Gasteiger partial charge < -0.3 is 9.57 Å². The number of ether oxygens (including phenoxy) is 1. The Bertz CT molecular complexity index is 1040. The predicted molar refractivity (Wildman–Crippen MR) is 97.1 cm³/mol. The SMILES string of the molecule is CCOc1cn(-c2ccccc2)nc1C(=O)ON1C(=O)c2ccccc2C1=O. The van der Waals surface area contributed by atoms with Gasteiger partial charge in [-0.3, -0.25) is 9.59 Å². The fourth-order valence-corrected chi connectivity index (χ4v) is 2.85. The van der Waals surface area contributed by atoms with Crippen molar-refractivity contribution in [2.24, 2.45) is 0 Å². The van der Waals surface area contributed by atoms with Crippen LogP contribution in [0.5, 0.6) is 5.75 Å². The van der Waals surface area contributed by atoms with Crippen LogP contribution >= 0.6 is 0 Å². The molecule has 0 saturated heterocycles. The minimum Gasteiger partial charge on any atom is -0.490 e. The van der Waals surface area contributed by atoms with Gasteiger partial charge in [-0.1, -0.05) is 35.4 Å². The highest BCUT2D eigenvalue weighted by Gasteiger charge is 2.39. The largest absolute Gasteiger partial charge is 0.490 e. The maximum atomic E-state index is 12.7. The van der Waals surface area contributed by atoms with Gasteiger partial charge in [-0.2, -0.15) is 5.10 Å². The van der Waals surface area contributed by atoms with Gasteiger partial charge in [-0.25, -0.2) is 9.48 Å². The van der Waals surface area contributed by atoms with Gasteiger partial charge in [0.05, 0.1) is 29.6 Å². The lowest BCUT2D eigenvalue weighted by Gasteiger charge is -2.12. The van der Waals surface area contributed by atoms with E-state index in [0.29, 0.717) is 17.4 Å². The molecule has 0 spiro atoms. The number of imide groups is 1. The summed E-state index contributed by atoms with van der Waals surface area (Å²) in [5.74, 6) is -2.18. The molecule has 8 nitrogen and oxygen atoms in total. The number of hydrogen-bond donors (Lipinski definition) is 0. The molecule has 0 bridgehead atoms. The van der Waals surface area contributed by atoms with Crippen LogP contribution in [0.1, 0.15) is 38.1 Å². The van der Waals surface area contributed by atoms with Crippen molar-refractivity contribution in [1.82, 2.24) is 14.8 Å². The molecule has 28 heavy (non-hydrogen) atoms. The van der Waals surface area contributed by atoms with E-state index in [1.165, 1.54) is 23.0 Å². The number of fused-ring (bicyclic) bond motifs is 1. The van der Waals surface area contributed by atoms with Gasteiger partial charge in [-0.15, -0.1) is 0 Å². The van der Waals surface area contributed by atoms with E-state index in [9.17, 15) is 14.4 Å². The van der Waals surface area contributed by atoms with Gasteiger partial charge in [0.25, 0.3) is 11.8 Å². The molecule has 0 saturated carbocycles. The molecule has 0 fully saturated rings. The van der Waals surface area contributed by atoms with Gasteiger partial charge in [0.2, 0.25) is 5.69 Å². The Labute approximate surface area is 159 Å². The van der Waals surface area contributed by atoms with E-state index < -0.39 is 17.8 Å². The average Bonchev–Trinajstić information content (AvgIpc) is 3.25. The Kier molecular flexibility index (Phi) is 4.36. The van der Waals surface area contributed by atoms with Crippen molar-refractivity contribution in [2.45, 2.75) is 6.92 Å². The van der Waals surface area contributed by atoms with Gasteiger partial charge >= 0.3 is 5.97 Å². The van der Waals surface area contributed by atoms with Crippen LogP contribution in [0.3, 0.4) is 0 Å². The molecule has 0 unspecified atom stereocenters. The van der Waals surface area contributed by atoms with E-state index in [4.69, 9.17) is 9.57 Å². The van der Waals surface area contributed by atoms with Crippen LogP contribution in [0.2, 0.25) is 0 Å². The zero-order valence-corrected chi connectivity index (χ0v) is 14.9. The van der Waals surface area contributed by atoms with Gasteiger partial charge in [0.1, 0.15) is 0 Å². The third-order valence-corrected chi connectivity index (χ3v) is 4.13. The Morgan fingerprint density at radius 2 is 1.57 bits per heavy atom. The van der Waals surface area contributed by atoms with Crippen LogP contribution in [0, 0.1) is 0 Å². The number of hydrogen-bond acceptors (Lipinski definition) is 6. The molecule has 140 valence electrons. The first-order valence-corrected chi connectivity index (χ1v) is 8.58. The lowest BCUT2D eigenvalue weighted by Crippen LogP contribution is -2.33. The third kappa shape index (κ3) is 2.90. The summed E-state index contributed by atoms with van der Waals surface area (Å²) in [4.78, 5) is 42.5. The molecule has 1 aliphatic rings. The molecule has 0 N–H and O–H groups in total. The number of rotatable bonds is 5. The van der Waals surface area contributed by atoms with Crippen molar-refractivity contribution in [3.05, 3.63) is 77.6 Å². The summed E-state index contributed by atoms with van der Waals surface area (Å²) in [7, 11) is 0. The smallest absolute Gasteiger partial charge is 0.387 e. The Balaban J connectivity index is 1.63. The number of benzene rings is 2. The molecule has 8 heteroatoms. The number of para-hydroxylation sites is 1. The molecule has 1 aromatic heterocycles. The highest BCUT2D eigenvalue weighted by atomic mass is 16.7. The van der Waals surface area contributed by atoms with E-state index in [1.807, 2.05) is 30.3 Å². The number of hydroxylamine groups is 2. The minimum atomic E-state index is -0.965. The minimum absolute atomic E-state index is 0.137. The highest BCUT2D eigenvalue weighted by molar-refractivity contribution is 6.21. The first kappa shape index (κ1) is 17.5. The molecule has 0 atom stereocenters. The van der Waals surface area contributed by atoms with Crippen molar-refractivity contribution < 1.29 is 24.0 Å². The van der Waals surface area contributed by atoms with E-state index in [-0.39, 0.29) is 22.6 Å². The van der Waals surface area contributed by atoms with Crippen LogP contribution < -0.4 is 4.74 Å². The van der Waals surface area contributed by atoms with Crippen molar-refractivity contribution in [3.63, 3.8) is 0 Å². The molecule has 2 heterocycles. The van der Waals surface area contributed by atoms with E-state index in [1.54, 1.807) is 19.1 Å². The van der Waals surface area contributed by atoms with E-state index in [0.717, 1.165) is 0 Å². The van der Waals surface area contributed by atoms with E-state index in [2.05, 4.69) is 5.10 Å². The number of carbonyl (C=O) groups is 3. The maximum absolute atomic E-state index is 12.7. The summed E-state index contributed by atoms with van der Waals surface area (Å²) in [6, 6.07) is 15.4. The second-order valence-corrected chi connectivity index (χ2v) is 5.88. The van der Waals surface area contributed by atoms with Crippen LogP contribution in [-0.2, 0) is 4.84 Å². The molecule has 4 rings (SSSR count). The van der Waals surface area contributed by atoms with Crippen molar-refractivity contribution in [3.8, 4) is 11.4 Å². The molecule has 2 amide bonds. The Morgan fingerprint density at radius 1 is 0.964 bits per heavy atom. The third-order valence-electron chi connectivity index (χ3n) is 4.13. The monoisotopic (exact) mass is 377 g/mol. The first-order valence-electron chi connectivity index (χ1n) is 8.58. The lowest BCUT2D eigenvalue weighted by atomic mass is 10.1. The zero-order valence-electron chi connectivity index (χ0n) is 14.9. The average molecular weight is 377 g/mol. The standard InChI is InChI=1S/C20H15N3O5/c1-2-27-16-12-22(13-8-4-3-5-9-13)21-17(16)20(26)28-23-18(24)14-10-6-7-11-15(14)19(23)25/h3-12H,2H2,1H3. The molecule has 0 aliphatic carbocycles. The summed E-state index contributed by atoms with van der Waals surface area (Å²) in [5, 5.41) is 4.66. The fourth-order valence-electron chi connectivity index (χ4n) is 2.85. The molecule has 2 aromatic carbocycles. The van der Waals surface area contributed by atoms with Gasteiger partial charge in [0.15, 0.2) is 5.75 Å². The Morgan fingerprint density at radius 3 is 2.18 bits per heavy atom. The van der Waals surface area contributed by atoms with Crippen molar-refractivity contribution in [2.75, 3.05) is 6.61 Å². The summed E-state index contributed by atoms with van der Waals surface area (Å²) < 4.78 is 6.93. The number of aromatic nitrogens is 2. The Hall–Kier alpha value is -3.94. The fraction of sp³-hybridized carbons (Fsp3) is 0.100. The van der Waals surface area contributed by atoms with Crippen LogP contribution in [0.4, 0.5) is 0 Å². The highest BCUT2D eigenvalue weighted by Crippen LogP contribution is 2.25. The normalized spacial score (nSPS) is 12.8. The molecular formula is C20H15N3O5. The number of carbonyl (C=O) groups excluding carboxylic acids is 3. The molecular weight excluding hydrogens is 362 g/mol. The zero-order chi connectivity index (χ0) is 19.7. The topological polar surface area (TPSA) is 90.7 Å². The van der Waals surface area contributed by atoms with E-state index >= 15 is 0 Å². The quantitative estimate of drug-likeness (QED) is 0.635. The van der Waals surface area contributed by atoms with Crippen LogP contribution in [0.15, 0.2) is 60.8 Å². The summed E-state index contributed by atoms with van der Waals surface area (Å²) in [6.45, 7) is 2.06. The maximum Gasteiger partial charge on any atom is 0.387 e. The summed E-state index contributed by atoms with van der Waals surface area (Å²) in [5.41, 5.74) is 0.936. The predicted octanol–water partition coefficient (Wildman–Crippen LogP) is 2.64. The first-order chi connectivity index (χ1) is 13.6. The molecule has 1 aliphatic heterocycles. The number of nitrogens with zero attached hydrogens (tertiary/aromatic N) is 3. The molecule has 3 aromatic rings.